The monoisotopic (exact) mass is 550 g/mol. The Kier molecular flexibility index (Phi) is 11.1. The molecule has 2 aromatic rings. The minimum atomic E-state index is -1.59. The molecule has 15 heteroatoms. The number of aromatic amines is 1. The molecule has 0 aliphatic heterocycles. The van der Waals surface area contributed by atoms with E-state index in [0.29, 0.717) is 0 Å². The van der Waals surface area contributed by atoms with E-state index in [4.69, 9.17) is 16.6 Å². The number of aliphatic carboxylic acids is 2. The molecule has 0 aliphatic carbocycles. The van der Waals surface area contributed by atoms with Crippen LogP contribution in [0, 0.1) is 0 Å². The number of para-hydroxylation sites is 1. The lowest BCUT2D eigenvalue weighted by Crippen LogP contribution is -2.58. The third kappa shape index (κ3) is 8.77. The number of nitrogens with two attached hydrogens (primary N) is 2. The normalized spacial score (nSPS) is 14.1. The highest BCUT2D eigenvalue weighted by Crippen LogP contribution is 2.18. The van der Waals surface area contributed by atoms with Crippen LogP contribution in [0.2, 0.25) is 0 Å². The van der Waals surface area contributed by atoms with Crippen molar-refractivity contribution in [3.63, 3.8) is 0 Å². The summed E-state index contributed by atoms with van der Waals surface area (Å²) in [6, 6.07) is 1.97. The molecule has 14 nitrogen and oxygen atoms in total. The number of fused-ring (bicyclic) bond motifs is 1. The van der Waals surface area contributed by atoms with Crippen molar-refractivity contribution in [2.24, 2.45) is 11.5 Å². The van der Waals surface area contributed by atoms with Gasteiger partial charge in [-0.05, 0) is 24.5 Å². The molecule has 0 aliphatic rings. The van der Waals surface area contributed by atoms with Crippen LogP contribution < -0.4 is 27.4 Å². The number of carbonyl (C=O) groups is 6. The lowest BCUT2D eigenvalue weighted by atomic mass is 10.0. The first-order valence-corrected chi connectivity index (χ1v) is 12.1. The van der Waals surface area contributed by atoms with Gasteiger partial charge < -0.3 is 42.6 Å². The minimum Gasteiger partial charge on any atom is -0.481 e. The van der Waals surface area contributed by atoms with Crippen molar-refractivity contribution in [3.05, 3.63) is 36.0 Å². The highest BCUT2D eigenvalue weighted by molar-refractivity contribution is 7.80. The number of nitrogens with one attached hydrogen (secondary N) is 4. The molecule has 4 unspecified atom stereocenters. The van der Waals surface area contributed by atoms with Crippen LogP contribution in [-0.2, 0) is 35.2 Å². The summed E-state index contributed by atoms with van der Waals surface area (Å²) >= 11 is 4.06. The minimum absolute atomic E-state index is 0.163. The van der Waals surface area contributed by atoms with Gasteiger partial charge in [-0.3, -0.25) is 24.0 Å². The van der Waals surface area contributed by atoms with E-state index in [2.05, 4.69) is 33.6 Å². The van der Waals surface area contributed by atoms with Crippen molar-refractivity contribution in [1.29, 1.82) is 0 Å². The quantitative estimate of drug-likeness (QED) is 0.114. The van der Waals surface area contributed by atoms with E-state index >= 15 is 0 Å². The predicted molar refractivity (Wildman–Crippen MR) is 138 cm³/mol. The van der Waals surface area contributed by atoms with Crippen LogP contribution in [0.5, 0.6) is 0 Å². The number of amides is 4. The molecule has 0 saturated carbocycles. The fraction of sp³-hybridized carbons (Fsp3) is 0.391. The highest BCUT2D eigenvalue weighted by Gasteiger charge is 2.31. The summed E-state index contributed by atoms with van der Waals surface area (Å²) in [5.41, 5.74) is 12.9. The van der Waals surface area contributed by atoms with E-state index in [1.54, 1.807) is 6.20 Å². The van der Waals surface area contributed by atoms with Crippen molar-refractivity contribution >= 4 is 59.1 Å². The van der Waals surface area contributed by atoms with Crippen LogP contribution in [-0.4, -0.2) is 80.7 Å². The fourth-order valence-corrected chi connectivity index (χ4v) is 3.84. The number of H-pyrrole nitrogens is 1. The Hall–Kier alpha value is -4.11. The highest BCUT2D eigenvalue weighted by atomic mass is 32.1. The maximum atomic E-state index is 12.8. The fourth-order valence-electron chi connectivity index (χ4n) is 3.58. The van der Waals surface area contributed by atoms with Crippen LogP contribution >= 0.6 is 12.6 Å². The first-order valence-electron chi connectivity index (χ1n) is 11.5. The summed E-state index contributed by atoms with van der Waals surface area (Å²) in [7, 11) is 0. The van der Waals surface area contributed by atoms with Crippen LogP contribution in [0.3, 0.4) is 0 Å². The smallest absolute Gasteiger partial charge is 0.326 e. The third-order valence-electron chi connectivity index (χ3n) is 5.57. The van der Waals surface area contributed by atoms with E-state index in [9.17, 15) is 33.9 Å². The summed E-state index contributed by atoms with van der Waals surface area (Å²) in [6.07, 6.45) is 0.231. The summed E-state index contributed by atoms with van der Waals surface area (Å²) < 4.78 is 0. The van der Waals surface area contributed by atoms with Gasteiger partial charge >= 0.3 is 11.9 Å². The van der Waals surface area contributed by atoms with Gasteiger partial charge in [-0.25, -0.2) is 4.79 Å². The molecule has 0 bridgehead atoms. The molecule has 1 aromatic heterocycles. The van der Waals surface area contributed by atoms with Crippen molar-refractivity contribution in [3.8, 4) is 0 Å². The second kappa shape index (κ2) is 14.0. The average Bonchev–Trinajstić information content (AvgIpc) is 3.26. The summed E-state index contributed by atoms with van der Waals surface area (Å²) in [5, 5.41) is 25.7. The van der Waals surface area contributed by atoms with Gasteiger partial charge in [0, 0.05) is 29.3 Å². The van der Waals surface area contributed by atoms with Crippen molar-refractivity contribution < 1.29 is 39.0 Å². The van der Waals surface area contributed by atoms with Crippen LogP contribution in [0.4, 0.5) is 0 Å². The Balaban J connectivity index is 2.04. The maximum Gasteiger partial charge on any atom is 0.326 e. The largest absolute Gasteiger partial charge is 0.481 e. The molecule has 0 radical (unpaired) electrons. The van der Waals surface area contributed by atoms with Gasteiger partial charge in [0.15, 0.2) is 0 Å². The van der Waals surface area contributed by atoms with E-state index in [0.717, 1.165) is 16.5 Å². The molecule has 4 atom stereocenters. The standard InChI is InChI=1S/C23H30N6O8S/c24-13(7-11-9-26-14-4-2-1-3-12(11)14)20(33)29-17(10-38)22(35)28-16(8-18(25)30)21(34)27-15(23(36)37)5-6-19(31)32/h1-4,9,13,15-17,26,38H,5-8,10,24H2,(H2,25,30)(H,27,34)(H,28,35)(H,29,33)(H,31,32)(H,36,37). The van der Waals surface area contributed by atoms with E-state index in [-0.39, 0.29) is 12.2 Å². The molecule has 0 fully saturated rings. The number of aromatic nitrogens is 1. The van der Waals surface area contributed by atoms with Gasteiger partial charge in [-0.15, -0.1) is 0 Å². The predicted octanol–water partition coefficient (Wildman–Crippen LogP) is -1.75. The molecule has 10 N–H and O–H groups in total. The first-order chi connectivity index (χ1) is 17.9. The Labute approximate surface area is 222 Å². The van der Waals surface area contributed by atoms with Crippen LogP contribution in [0.1, 0.15) is 24.8 Å². The number of carboxylic acid groups (broad SMARTS) is 2. The molecule has 1 aromatic carbocycles. The summed E-state index contributed by atoms with van der Waals surface area (Å²) in [6.45, 7) is 0. The van der Waals surface area contributed by atoms with Crippen molar-refractivity contribution in [1.82, 2.24) is 20.9 Å². The molecular formula is C23H30N6O8S. The number of carbonyl (C=O) groups excluding carboxylic acids is 4. The second-order valence-electron chi connectivity index (χ2n) is 8.48. The average molecular weight is 551 g/mol. The molecule has 2 rings (SSSR count). The molecule has 0 spiro atoms. The number of benzene rings is 1. The lowest BCUT2D eigenvalue weighted by Gasteiger charge is -2.24. The first kappa shape index (κ1) is 30.1. The van der Waals surface area contributed by atoms with Gasteiger partial charge in [0.05, 0.1) is 12.5 Å². The molecule has 0 saturated heterocycles. The number of primary amides is 1. The number of hydrogen-bond donors (Lipinski definition) is 9. The van der Waals surface area contributed by atoms with Crippen molar-refractivity contribution in [2.75, 3.05) is 5.75 Å². The van der Waals surface area contributed by atoms with Gasteiger partial charge in [0.1, 0.15) is 18.1 Å². The number of thiol groups is 1. The summed E-state index contributed by atoms with van der Waals surface area (Å²) in [4.78, 5) is 74.8. The Morgan fingerprint density at radius 2 is 1.53 bits per heavy atom. The van der Waals surface area contributed by atoms with E-state index < -0.39 is 79.0 Å². The van der Waals surface area contributed by atoms with Gasteiger partial charge in [-0.2, -0.15) is 12.6 Å². The molecule has 38 heavy (non-hydrogen) atoms. The van der Waals surface area contributed by atoms with Crippen LogP contribution in [0.25, 0.3) is 10.9 Å². The molecule has 206 valence electrons. The number of rotatable bonds is 15. The Morgan fingerprint density at radius 3 is 2.13 bits per heavy atom. The molecule has 1 heterocycles. The van der Waals surface area contributed by atoms with Crippen molar-refractivity contribution in [2.45, 2.75) is 49.9 Å². The van der Waals surface area contributed by atoms with E-state index in [1.165, 1.54) is 0 Å². The van der Waals surface area contributed by atoms with Gasteiger partial charge in [-0.1, -0.05) is 18.2 Å². The Morgan fingerprint density at radius 1 is 0.921 bits per heavy atom. The van der Waals surface area contributed by atoms with E-state index in [1.807, 2.05) is 24.3 Å². The number of carboxylic acids is 2. The SMILES string of the molecule is NC(=O)CC(NC(=O)C(CS)NC(=O)C(N)Cc1c[nH]c2ccccc12)C(=O)NC(CCC(=O)O)C(=O)O. The van der Waals surface area contributed by atoms with Gasteiger partial charge in [0.25, 0.3) is 0 Å². The Bertz CT molecular complexity index is 1200. The maximum absolute atomic E-state index is 12.8. The second-order valence-corrected chi connectivity index (χ2v) is 8.84. The number of hydrogen-bond acceptors (Lipinski definition) is 8. The molecule has 4 amide bonds. The van der Waals surface area contributed by atoms with Gasteiger partial charge in [0.2, 0.25) is 23.6 Å². The molecular weight excluding hydrogens is 520 g/mol. The topological polar surface area (TPSA) is 247 Å². The zero-order valence-electron chi connectivity index (χ0n) is 20.2. The lowest BCUT2D eigenvalue weighted by molar-refractivity contribution is -0.143. The van der Waals surface area contributed by atoms with Crippen LogP contribution in [0.15, 0.2) is 30.5 Å². The zero-order valence-corrected chi connectivity index (χ0v) is 21.1. The summed E-state index contributed by atoms with van der Waals surface area (Å²) in [5.74, 6) is -6.59. The zero-order chi connectivity index (χ0) is 28.4. The third-order valence-corrected chi connectivity index (χ3v) is 5.93.